The number of H-pyrrole nitrogens is 1. The second kappa shape index (κ2) is 4.56. The standard InChI is InChI=1S/C8H6Br2N4OS/c9-3-1-5(16-6(3)10)8(15)13-7-4(11)2-12-14-7/h1-2H,11H2,(H2,12,13,14,15). The summed E-state index contributed by atoms with van der Waals surface area (Å²) in [6.07, 6.45) is 1.44. The van der Waals surface area contributed by atoms with Crippen LogP contribution in [0.15, 0.2) is 20.5 Å². The number of hydrogen-bond donors (Lipinski definition) is 3. The van der Waals surface area contributed by atoms with Crippen molar-refractivity contribution in [2.45, 2.75) is 0 Å². The van der Waals surface area contributed by atoms with E-state index in [2.05, 4.69) is 47.4 Å². The van der Waals surface area contributed by atoms with Crippen LogP contribution < -0.4 is 11.1 Å². The number of carbonyl (C=O) groups excluding carboxylic acids is 1. The monoisotopic (exact) mass is 364 g/mol. The van der Waals surface area contributed by atoms with E-state index in [1.165, 1.54) is 17.5 Å². The number of aromatic amines is 1. The van der Waals surface area contributed by atoms with E-state index in [0.717, 1.165) is 8.26 Å². The SMILES string of the molecule is Nc1cn[nH]c1NC(=O)c1cc(Br)c(Br)s1. The Morgan fingerprint density at radius 2 is 2.31 bits per heavy atom. The number of carbonyl (C=O) groups is 1. The van der Waals surface area contributed by atoms with Crippen LogP contribution in [0.3, 0.4) is 0 Å². The first-order valence-corrected chi connectivity index (χ1v) is 6.53. The third-order valence-corrected chi connectivity index (χ3v) is 5.03. The van der Waals surface area contributed by atoms with Crippen molar-refractivity contribution in [3.63, 3.8) is 0 Å². The molecule has 0 spiro atoms. The maximum Gasteiger partial charge on any atom is 0.267 e. The molecule has 84 valence electrons. The summed E-state index contributed by atoms with van der Waals surface area (Å²) in [5.41, 5.74) is 5.98. The van der Waals surface area contributed by atoms with Crippen LogP contribution in [0, 0.1) is 0 Å². The van der Waals surface area contributed by atoms with Crippen molar-refractivity contribution in [1.82, 2.24) is 10.2 Å². The van der Waals surface area contributed by atoms with E-state index in [1.54, 1.807) is 6.07 Å². The molecule has 0 atom stereocenters. The summed E-state index contributed by atoms with van der Waals surface area (Å²) in [7, 11) is 0. The van der Waals surface area contributed by atoms with Crippen LogP contribution in [0.4, 0.5) is 11.5 Å². The molecule has 0 saturated heterocycles. The third kappa shape index (κ3) is 2.28. The fourth-order valence-electron chi connectivity index (χ4n) is 1.03. The predicted molar refractivity (Wildman–Crippen MR) is 70.7 cm³/mol. The van der Waals surface area contributed by atoms with E-state index in [1.807, 2.05) is 0 Å². The fraction of sp³-hybridized carbons (Fsp3) is 0. The highest BCUT2D eigenvalue weighted by atomic mass is 79.9. The molecule has 2 rings (SSSR count). The molecule has 5 nitrogen and oxygen atoms in total. The van der Waals surface area contributed by atoms with Gasteiger partial charge >= 0.3 is 0 Å². The number of rotatable bonds is 2. The minimum Gasteiger partial charge on any atom is -0.394 e. The predicted octanol–water partition coefficient (Wildman–Crippen LogP) is 2.83. The summed E-state index contributed by atoms with van der Waals surface area (Å²) in [5, 5.41) is 8.95. The number of thiophene rings is 1. The van der Waals surface area contributed by atoms with Crippen LogP contribution in [0.5, 0.6) is 0 Å². The maximum atomic E-state index is 11.8. The van der Waals surface area contributed by atoms with Gasteiger partial charge in [-0.3, -0.25) is 9.89 Å². The Hall–Kier alpha value is -0.860. The van der Waals surface area contributed by atoms with Crippen LogP contribution in [-0.4, -0.2) is 16.1 Å². The van der Waals surface area contributed by atoms with Crippen LogP contribution >= 0.6 is 43.2 Å². The minimum absolute atomic E-state index is 0.229. The Morgan fingerprint density at radius 1 is 1.56 bits per heavy atom. The second-order valence-corrected chi connectivity index (χ2v) is 6.11. The van der Waals surface area contributed by atoms with Crippen LogP contribution in [0.25, 0.3) is 0 Å². The zero-order valence-corrected chi connectivity index (χ0v) is 11.7. The highest BCUT2D eigenvalue weighted by molar-refractivity contribution is 9.13. The summed E-state index contributed by atoms with van der Waals surface area (Å²) in [6.45, 7) is 0. The van der Waals surface area contributed by atoms with Crippen LogP contribution in [0.1, 0.15) is 9.67 Å². The van der Waals surface area contributed by atoms with Crippen molar-refractivity contribution >= 4 is 60.6 Å². The molecule has 0 aliphatic carbocycles. The average molecular weight is 366 g/mol. The number of anilines is 2. The molecule has 0 bridgehead atoms. The molecule has 0 aliphatic rings. The van der Waals surface area contributed by atoms with Gasteiger partial charge in [-0.1, -0.05) is 0 Å². The molecule has 8 heteroatoms. The Labute approximate surface area is 112 Å². The van der Waals surface area contributed by atoms with Gasteiger partial charge in [-0.05, 0) is 37.9 Å². The quantitative estimate of drug-likeness (QED) is 0.765. The van der Waals surface area contributed by atoms with Crippen molar-refractivity contribution in [2.24, 2.45) is 0 Å². The van der Waals surface area contributed by atoms with Crippen molar-refractivity contribution in [2.75, 3.05) is 11.1 Å². The molecule has 0 radical (unpaired) electrons. The first-order chi connectivity index (χ1) is 7.58. The van der Waals surface area contributed by atoms with E-state index < -0.39 is 0 Å². The lowest BCUT2D eigenvalue weighted by Crippen LogP contribution is -2.11. The molecule has 0 fully saturated rings. The molecule has 4 N–H and O–H groups in total. The Kier molecular flexibility index (Phi) is 3.31. The Bertz CT molecular complexity index is 516. The van der Waals surface area contributed by atoms with Crippen LogP contribution in [-0.2, 0) is 0 Å². The molecule has 0 aliphatic heterocycles. The molecule has 0 saturated carbocycles. The molecular formula is C8H6Br2N4OS. The number of hydrogen-bond acceptors (Lipinski definition) is 4. The number of nitrogen functional groups attached to an aromatic ring is 1. The largest absolute Gasteiger partial charge is 0.394 e. The molecule has 0 unspecified atom stereocenters. The minimum atomic E-state index is -0.229. The number of aromatic nitrogens is 2. The average Bonchev–Trinajstić information content (AvgIpc) is 2.76. The van der Waals surface area contributed by atoms with Gasteiger partial charge in [-0.15, -0.1) is 11.3 Å². The summed E-state index contributed by atoms with van der Waals surface area (Å²) in [6, 6.07) is 1.73. The third-order valence-electron chi connectivity index (χ3n) is 1.78. The lowest BCUT2D eigenvalue weighted by Gasteiger charge is -2.00. The Balaban J connectivity index is 2.18. The fourth-order valence-corrected chi connectivity index (χ4v) is 2.96. The van der Waals surface area contributed by atoms with Crippen molar-refractivity contribution in [1.29, 1.82) is 0 Å². The molecular weight excluding hydrogens is 360 g/mol. The van der Waals surface area contributed by atoms with Gasteiger partial charge in [0, 0.05) is 4.47 Å². The summed E-state index contributed by atoms with van der Waals surface area (Å²) in [5.74, 6) is 0.179. The topological polar surface area (TPSA) is 83.8 Å². The number of nitrogens with two attached hydrogens (primary N) is 1. The van der Waals surface area contributed by atoms with E-state index in [-0.39, 0.29) is 5.91 Å². The first kappa shape index (κ1) is 11.6. The number of nitrogens with one attached hydrogen (secondary N) is 2. The van der Waals surface area contributed by atoms with Gasteiger partial charge in [-0.25, -0.2) is 0 Å². The summed E-state index contributed by atoms with van der Waals surface area (Å²) in [4.78, 5) is 12.4. The lowest BCUT2D eigenvalue weighted by molar-refractivity contribution is 0.103. The van der Waals surface area contributed by atoms with Crippen molar-refractivity contribution < 1.29 is 4.79 Å². The lowest BCUT2D eigenvalue weighted by atomic mass is 10.4. The molecule has 2 aromatic rings. The van der Waals surface area contributed by atoms with Gasteiger partial charge in [0.2, 0.25) is 0 Å². The van der Waals surface area contributed by atoms with Gasteiger partial charge in [0.15, 0.2) is 5.82 Å². The van der Waals surface area contributed by atoms with E-state index in [0.29, 0.717) is 16.4 Å². The zero-order valence-electron chi connectivity index (χ0n) is 7.75. The highest BCUT2D eigenvalue weighted by Crippen LogP contribution is 2.32. The second-order valence-electron chi connectivity index (χ2n) is 2.89. The normalized spacial score (nSPS) is 10.4. The maximum absolute atomic E-state index is 11.8. The van der Waals surface area contributed by atoms with E-state index in [4.69, 9.17) is 5.73 Å². The summed E-state index contributed by atoms with van der Waals surface area (Å²) >= 11 is 7.97. The first-order valence-electron chi connectivity index (χ1n) is 4.13. The van der Waals surface area contributed by atoms with Gasteiger partial charge in [0.1, 0.15) is 0 Å². The van der Waals surface area contributed by atoms with Gasteiger partial charge in [0.05, 0.1) is 20.5 Å². The number of halogens is 2. The molecule has 1 amide bonds. The number of amides is 1. The zero-order chi connectivity index (χ0) is 11.7. The molecule has 2 aromatic heterocycles. The van der Waals surface area contributed by atoms with Gasteiger partial charge in [-0.2, -0.15) is 5.10 Å². The van der Waals surface area contributed by atoms with Gasteiger partial charge < -0.3 is 11.1 Å². The smallest absolute Gasteiger partial charge is 0.267 e. The molecule has 0 aromatic carbocycles. The van der Waals surface area contributed by atoms with E-state index in [9.17, 15) is 4.79 Å². The van der Waals surface area contributed by atoms with Crippen molar-refractivity contribution in [3.8, 4) is 0 Å². The summed E-state index contributed by atoms with van der Waals surface area (Å²) < 4.78 is 1.72. The molecule has 16 heavy (non-hydrogen) atoms. The Morgan fingerprint density at radius 3 is 2.81 bits per heavy atom. The van der Waals surface area contributed by atoms with E-state index >= 15 is 0 Å². The van der Waals surface area contributed by atoms with Crippen LogP contribution in [0.2, 0.25) is 0 Å². The molecule has 2 heterocycles. The van der Waals surface area contributed by atoms with Crippen molar-refractivity contribution in [3.05, 3.63) is 25.4 Å². The number of nitrogens with zero attached hydrogens (tertiary/aromatic N) is 1. The van der Waals surface area contributed by atoms with Gasteiger partial charge in [0.25, 0.3) is 5.91 Å². The highest BCUT2D eigenvalue weighted by Gasteiger charge is 2.13.